The molecule has 29 heavy (non-hydrogen) atoms. The minimum Gasteiger partial charge on any atom is -0.325 e. The summed E-state index contributed by atoms with van der Waals surface area (Å²) in [6, 6.07) is 22.6. The van der Waals surface area contributed by atoms with Crippen LogP contribution in [0.15, 0.2) is 66.7 Å². The maximum atomic E-state index is 12.2. The molecule has 0 fully saturated rings. The second-order valence-corrected chi connectivity index (χ2v) is 9.11. The molecule has 0 unspecified atom stereocenters. The van der Waals surface area contributed by atoms with Gasteiger partial charge in [-0.3, -0.25) is 4.79 Å². The number of amides is 1. The van der Waals surface area contributed by atoms with Crippen LogP contribution in [0.5, 0.6) is 0 Å². The molecule has 0 bridgehead atoms. The van der Waals surface area contributed by atoms with Gasteiger partial charge in [-0.1, -0.05) is 35.9 Å². The van der Waals surface area contributed by atoms with E-state index in [0.717, 1.165) is 27.5 Å². The highest BCUT2D eigenvalue weighted by molar-refractivity contribution is 7.99. The lowest BCUT2D eigenvalue weighted by atomic mass is 10.2. The molecule has 0 saturated heterocycles. The van der Waals surface area contributed by atoms with Crippen molar-refractivity contribution in [3.63, 3.8) is 0 Å². The largest absolute Gasteiger partial charge is 0.325 e. The van der Waals surface area contributed by atoms with Crippen LogP contribution in [-0.4, -0.2) is 16.6 Å². The number of thiazole rings is 1. The third-order valence-electron chi connectivity index (χ3n) is 4.58. The lowest BCUT2D eigenvalue weighted by Gasteiger charge is -2.06. The van der Waals surface area contributed by atoms with Crippen LogP contribution in [0.2, 0.25) is 0 Å². The minimum atomic E-state index is 0.0188. The van der Waals surface area contributed by atoms with E-state index in [9.17, 15) is 4.79 Å². The Morgan fingerprint density at radius 3 is 2.45 bits per heavy atom. The van der Waals surface area contributed by atoms with Gasteiger partial charge in [0.15, 0.2) is 0 Å². The minimum absolute atomic E-state index is 0.0188. The lowest BCUT2D eigenvalue weighted by Crippen LogP contribution is -2.14. The molecule has 0 atom stereocenters. The Morgan fingerprint density at radius 2 is 1.69 bits per heavy atom. The van der Waals surface area contributed by atoms with Crippen molar-refractivity contribution in [3.05, 3.63) is 83.4 Å². The standard InChI is InChI=1S/C24H22N2OS2/c1-16-3-6-18(7-4-16)14-28-15-23(27)25-20-10-8-19(9-11-20)24-26-21-12-5-17(2)13-22(21)29-24/h3-13H,14-15H2,1-2H3,(H,25,27). The lowest BCUT2D eigenvalue weighted by molar-refractivity contribution is -0.113. The van der Waals surface area contributed by atoms with E-state index in [1.807, 2.05) is 24.3 Å². The first-order chi connectivity index (χ1) is 14.1. The summed E-state index contributed by atoms with van der Waals surface area (Å²) in [5, 5.41) is 3.97. The monoisotopic (exact) mass is 418 g/mol. The summed E-state index contributed by atoms with van der Waals surface area (Å²) >= 11 is 3.32. The highest BCUT2D eigenvalue weighted by Gasteiger charge is 2.08. The maximum absolute atomic E-state index is 12.2. The fraction of sp³-hybridized carbons (Fsp3) is 0.167. The van der Waals surface area contributed by atoms with Gasteiger partial charge in [-0.05, 0) is 61.4 Å². The first kappa shape index (κ1) is 19.7. The number of benzene rings is 3. The van der Waals surface area contributed by atoms with Crippen molar-refractivity contribution < 1.29 is 4.79 Å². The Morgan fingerprint density at radius 1 is 0.966 bits per heavy atom. The van der Waals surface area contributed by atoms with E-state index in [2.05, 4.69) is 61.6 Å². The number of carbonyl (C=O) groups is 1. The van der Waals surface area contributed by atoms with Gasteiger partial charge in [0.1, 0.15) is 5.01 Å². The first-order valence-corrected chi connectivity index (χ1v) is 11.4. The van der Waals surface area contributed by atoms with Crippen LogP contribution in [0.3, 0.4) is 0 Å². The van der Waals surface area contributed by atoms with E-state index in [1.54, 1.807) is 23.1 Å². The second-order valence-electron chi connectivity index (χ2n) is 7.09. The van der Waals surface area contributed by atoms with Crippen LogP contribution < -0.4 is 5.32 Å². The van der Waals surface area contributed by atoms with Crippen molar-refractivity contribution in [1.29, 1.82) is 0 Å². The summed E-state index contributed by atoms with van der Waals surface area (Å²) < 4.78 is 1.20. The van der Waals surface area contributed by atoms with Crippen molar-refractivity contribution in [3.8, 4) is 10.6 Å². The van der Waals surface area contributed by atoms with E-state index in [1.165, 1.54) is 21.4 Å². The van der Waals surface area contributed by atoms with Crippen molar-refractivity contribution in [2.24, 2.45) is 0 Å². The average Bonchev–Trinajstić information content (AvgIpc) is 3.13. The third-order valence-corrected chi connectivity index (χ3v) is 6.65. The molecule has 1 aromatic heterocycles. The number of aryl methyl sites for hydroxylation is 2. The van der Waals surface area contributed by atoms with Gasteiger partial charge in [-0.15, -0.1) is 23.1 Å². The zero-order valence-corrected chi connectivity index (χ0v) is 18.1. The van der Waals surface area contributed by atoms with Gasteiger partial charge in [0.2, 0.25) is 5.91 Å². The molecule has 1 N–H and O–H groups in total. The van der Waals surface area contributed by atoms with Crippen molar-refractivity contribution in [1.82, 2.24) is 4.98 Å². The summed E-state index contributed by atoms with van der Waals surface area (Å²) in [5.74, 6) is 1.29. The zero-order chi connectivity index (χ0) is 20.2. The Labute approximate surface area is 179 Å². The third kappa shape index (κ3) is 5.05. The van der Waals surface area contributed by atoms with Crippen LogP contribution in [0.25, 0.3) is 20.8 Å². The van der Waals surface area contributed by atoms with Crippen molar-refractivity contribution in [2.45, 2.75) is 19.6 Å². The van der Waals surface area contributed by atoms with E-state index < -0.39 is 0 Å². The molecular weight excluding hydrogens is 396 g/mol. The second kappa shape index (κ2) is 8.80. The molecule has 0 saturated carbocycles. The number of hydrogen-bond acceptors (Lipinski definition) is 4. The van der Waals surface area contributed by atoms with E-state index >= 15 is 0 Å². The van der Waals surface area contributed by atoms with Crippen LogP contribution in [0.1, 0.15) is 16.7 Å². The van der Waals surface area contributed by atoms with Crippen LogP contribution in [0.4, 0.5) is 5.69 Å². The molecule has 0 aliphatic rings. The molecule has 0 aliphatic heterocycles. The Balaban J connectivity index is 1.33. The molecule has 0 aliphatic carbocycles. The maximum Gasteiger partial charge on any atom is 0.234 e. The van der Waals surface area contributed by atoms with Crippen molar-refractivity contribution >= 4 is 44.9 Å². The SMILES string of the molecule is Cc1ccc(CSCC(=O)Nc2ccc(-c3nc4ccc(C)cc4s3)cc2)cc1. The summed E-state index contributed by atoms with van der Waals surface area (Å²) in [7, 11) is 0. The number of anilines is 1. The highest BCUT2D eigenvalue weighted by atomic mass is 32.2. The van der Waals surface area contributed by atoms with Gasteiger partial charge in [-0.2, -0.15) is 0 Å². The van der Waals surface area contributed by atoms with Crippen LogP contribution in [-0.2, 0) is 10.5 Å². The van der Waals surface area contributed by atoms with Crippen LogP contribution >= 0.6 is 23.1 Å². The molecule has 4 aromatic rings. The number of nitrogens with zero attached hydrogens (tertiary/aromatic N) is 1. The number of thioether (sulfide) groups is 1. The van der Waals surface area contributed by atoms with Gasteiger partial charge in [0, 0.05) is 17.0 Å². The number of rotatable bonds is 6. The number of hydrogen-bond donors (Lipinski definition) is 1. The van der Waals surface area contributed by atoms with Gasteiger partial charge in [0.25, 0.3) is 0 Å². The molecule has 146 valence electrons. The van der Waals surface area contributed by atoms with Gasteiger partial charge in [0.05, 0.1) is 16.0 Å². The number of carbonyl (C=O) groups excluding carboxylic acids is 1. The Hall–Kier alpha value is -2.63. The van der Waals surface area contributed by atoms with Crippen LogP contribution in [0, 0.1) is 13.8 Å². The average molecular weight is 419 g/mol. The fourth-order valence-corrected chi connectivity index (χ4v) is 4.85. The molecule has 1 amide bonds. The molecule has 0 spiro atoms. The van der Waals surface area contributed by atoms with Gasteiger partial charge in [-0.25, -0.2) is 4.98 Å². The first-order valence-electron chi connectivity index (χ1n) is 9.47. The van der Waals surface area contributed by atoms with E-state index in [-0.39, 0.29) is 5.91 Å². The van der Waals surface area contributed by atoms with E-state index in [0.29, 0.717) is 5.75 Å². The van der Waals surface area contributed by atoms with Crippen molar-refractivity contribution in [2.75, 3.05) is 11.1 Å². The Bertz CT molecular complexity index is 1130. The number of nitrogens with one attached hydrogen (secondary N) is 1. The van der Waals surface area contributed by atoms with Gasteiger partial charge >= 0.3 is 0 Å². The quantitative estimate of drug-likeness (QED) is 0.391. The highest BCUT2D eigenvalue weighted by Crippen LogP contribution is 2.31. The number of aromatic nitrogens is 1. The summed E-state index contributed by atoms with van der Waals surface area (Å²) in [6.07, 6.45) is 0. The normalized spacial score (nSPS) is 11.0. The Kier molecular flexibility index (Phi) is 5.97. The topological polar surface area (TPSA) is 42.0 Å². The molecule has 4 rings (SSSR count). The molecule has 0 radical (unpaired) electrons. The number of fused-ring (bicyclic) bond motifs is 1. The van der Waals surface area contributed by atoms with Gasteiger partial charge < -0.3 is 5.32 Å². The summed E-state index contributed by atoms with van der Waals surface area (Å²) in [4.78, 5) is 16.9. The predicted molar refractivity (Wildman–Crippen MR) is 126 cm³/mol. The fourth-order valence-electron chi connectivity index (χ4n) is 2.99. The molecular formula is C24H22N2OS2. The molecule has 1 heterocycles. The zero-order valence-electron chi connectivity index (χ0n) is 16.4. The summed E-state index contributed by atoms with van der Waals surface area (Å²) in [6.45, 7) is 4.17. The molecule has 3 nitrogen and oxygen atoms in total. The molecule has 5 heteroatoms. The smallest absolute Gasteiger partial charge is 0.234 e. The predicted octanol–water partition coefficient (Wildman–Crippen LogP) is 6.45. The van der Waals surface area contributed by atoms with E-state index in [4.69, 9.17) is 4.98 Å². The summed E-state index contributed by atoms with van der Waals surface area (Å²) in [5.41, 5.74) is 6.64. The molecule has 3 aromatic carbocycles.